The predicted octanol–water partition coefficient (Wildman–Crippen LogP) is 0.372. The number of carboxylic acids is 1. The van der Waals surface area contributed by atoms with Crippen molar-refractivity contribution in [3.63, 3.8) is 0 Å². The molecule has 108 valence electrons. The van der Waals surface area contributed by atoms with Gasteiger partial charge in [0.05, 0.1) is 6.42 Å². The van der Waals surface area contributed by atoms with E-state index < -0.39 is 23.8 Å². The Morgan fingerprint density at radius 2 is 2.05 bits per heavy atom. The zero-order valence-electron chi connectivity index (χ0n) is 11.3. The minimum atomic E-state index is -1.18. The molecule has 0 saturated heterocycles. The summed E-state index contributed by atoms with van der Waals surface area (Å²) in [6.45, 7) is 1.91. The highest BCUT2D eigenvalue weighted by Crippen LogP contribution is 2.05. The maximum atomic E-state index is 11.8. The number of rotatable bonds is 7. The van der Waals surface area contributed by atoms with Crippen molar-refractivity contribution in [2.75, 3.05) is 0 Å². The molecule has 1 aromatic carbocycles. The number of carboxylic acid groups (broad SMARTS) is 1. The van der Waals surface area contributed by atoms with Crippen LogP contribution in [-0.4, -0.2) is 28.9 Å². The fourth-order valence-electron chi connectivity index (χ4n) is 1.80. The van der Waals surface area contributed by atoms with Gasteiger partial charge in [0.25, 0.3) is 0 Å². The van der Waals surface area contributed by atoms with Crippen LogP contribution in [0.2, 0.25) is 0 Å². The first-order valence-corrected chi connectivity index (χ1v) is 6.24. The number of benzene rings is 1. The van der Waals surface area contributed by atoms with E-state index in [9.17, 15) is 14.4 Å². The molecule has 0 heterocycles. The van der Waals surface area contributed by atoms with Crippen molar-refractivity contribution in [1.82, 2.24) is 5.32 Å². The van der Waals surface area contributed by atoms with E-state index in [1.54, 1.807) is 6.07 Å². The number of carbonyl (C=O) groups is 3. The lowest BCUT2D eigenvalue weighted by Crippen LogP contribution is -2.42. The van der Waals surface area contributed by atoms with Gasteiger partial charge >= 0.3 is 5.97 Å². The lowest BCUT2D eigenvalue weighted by Gasteiger charge is -2.13. The Morgan fingerprint density at radius 1 is 1.35 bits per heavy atom. The highest BCUT2D eigenvalue weighted by molar-refractivity contribution is 5.85. The van der Waals surface area contributed by atoms with Gasteiger partial charge in [-0.2, -0.15) is 0 Å². The molecule has 1 aromatic rings. The van der Waals surface area contributed by atoms with Crippen molar-refractivity contribution in [3.05, 3.63) is 35.4 Å². The van der Waals surface area contributed by atoms with Crippen LogP contribution in [0.5, 0.6) is 0 Å². The Morgan fingerprint density at radius 3 is 2.60 bits per heavy atom. The highest BCUT2D eigenvalue weighted by Gasteiger charge is 2.20. The number of carbonyl (C=O) groups excluding carboxylic acids is 2. The molecule has 0 bridgehead atoms. The maximum Gasteiger partial charge on any atom is 0.326 e. The minimum absolute atomic E-state index is 0.00970. The summed E-state index contributed by atoms with van der Waals surface area (Å²) in [5.74, 6) is -2.17. The summed E-state index contributed by atoms with van der Waals surface area (Å²) in [6, 6.07) is 6.30. The second-order valence-corrected chi connectivity index (χ2v) is 4.63. The summed E-state index contributed by atoms with van der Waals surface area (Å²) in [7, 11) is 0. The van der Waals surface area contributed by atoms with Gasteiger partial charge in [0.1, 0.15) is 6.04 Å². The largest absolute Gasteiger partial charge is 0.480 e. The summed E-state index contributed by atoms with van der Waals surface area (Å²) in [6.07, 6.45) is 0.00788. The second kappa shape index (κ2) is 7.28. The van der Waals surface area contributed by atoms with E-state index in [4.69, 9.17) is 10.8 Å². The Bertz CT molecular complexity index is 514. The fourth-order valence-corrected chi connectivity index (χ4v) is 1.80. The Hall–Kier alpha value is -2.37. The average Bonchev–Trinajstić information content (AvgIpc) is 2.33. The number of hydrogen-bond acceptors (Lipinski definition) is 3. The van der Waals surface area contributed by atoms with Crippen molar-refractivity contribution < 1.29 is 19.5 Å². The topological polar surface area (TPSA) is 109 Å². The number of amides is 2. The van der Waals surface area contributed by atoms with Gasteiger partial charge in [0, 0.05) is 6.42 Å². The molecular formula is C14H18N2O4. The van der Waals surface area contributed by atoms with Crippen LogP contribution in [0.25, 0.3) is 0 Å². The summed E-state index contributed by atoms with van der Waals surface area (Å²) in [5.41, 5.74) is 6.80. The van der Waals surface area contributed by atoms with Crippen LogP contribution in [0.1, 0.15) is 24.0 Å². The quantitative estimate of drug-likeness (QED) is 0.669. The van der Waals surface area contributed by atoms with Crippen molar-refractivity contribution in [2.24, 2.45) is 5.73 Å². The summed E-state index contributed by atoms with van der Waals surface area (Å²) < 4.78 is 0. The molecule has 1 rings (SSSR count). The van der Waals surface area contributed by atoms with Gasteiger partial charge in [-0.05, 0) is 18.9 Å². The van der Waals surface area contributed by atoms with Crippen molar-refractivity contribution >= 4 is 17.8 Å². The van der Waals surface area contributed by atoms with Crippen molar-refractivity contribution in [2.45, 2.75) is 32.2 Å². The molecule has 0 fully saturated rings. The first-order valence-electron chi connectivity index (χ1n) is 6.24. The Kier molecular flexibility index (Phi) is 5.71. The minimum Gasteiger partial charge on any atom is -0.480 e. The van der Waals surface area contributed by atoms with E-state index in [1.165, 1.54) is 0 Å². The summed E-state index contributed by atoms with van der Waals surface area (Å²) >= 11 is 0. The molecule has 0 spiro atoms. The molecule has 0 aliphatic carbocycles. The van der Waals surface area contributed by atoms with Crippen LogP contribution in [0.4, 0.5) is 0 Å². The van der Waals surface area contributed by atoms with Crippen LogP contribution in [0.3, 0.4) is 0 Å². The van der Waals surface area contributed by atoms with Crippen LogP contribution in [0.15, 0.2) is 24.3 Å². The second-order valence-electron chi connectivity index (χ2n) is 4.63. The predicted molar refractivity (Wildman–Crippen MR) is 72.9 cm³/mol. The maximum absolute atomic E-state index is 11.8. The van der Waals surface area contributed by atoms with E-state index in [0.29, 0.717) is 0 Å². The number of hydrogen-bond donors (Lipinski definition) is 3. The third-order valence-corrected chi connectivity index (χ3v) is 2.76. The van der Waals surface area contributed by atoms with E-state index in [-0.39, 0.29) is 19.3 Å². The first-order chi connectivity index (χ1) is 9.38. The number of primary amides is 1. The average molecular weight is 278 g/mol. The Labute approximate surface area is 117 Å². The molecule has 0 aliphatic heterocycles. The highest BCUT2D eigenvalue weighted by atomic mass is 16.4. The fraction of sp³-hybridized carbons (Fsp3) is 0.357. The molecule has 1 atom stereocenters. The number of nitrogens with one attached hydrogen (secondary N) is 1. The SMILES string of the molecule is Cc1cccc(CC(=O)N[C@H](CCC(N)=O)C(=O)O)c1. The zero-order chi connectivity index (χ0) is 15.1. The number of nitrogens with two attached hydrogens (primary N) is 1. The monoisotopic (exact) mass is 278 g/mol. The Balaban J connectivity index is 2.57. The van der Waals surface area contributed by atoms with Gasteiger partial charge in [0.15, 0.2) is 0 Å². The molecule has 0 saturated carbocycles. The van der Waals surface area contributed by atoms with Gasteiger partial charge in [-0.3, -0.25) is 9.59 Å². The van der Waals surface area contributed by atoms with Gasteiger partial charge in [-0.1, -0.05) is 29.8 Å². The summed E-state index contributed by atoms with van der Waals surface area (Å²) in [4.78, 5) is 33.4. The normalized spacial score (nSPS) is 11.7. The molecular weight excluding hydrogens is 260 g/mol. The van der Waals surface area contributed by atoms with Gasteiger partial charge < -0.3 is 16.2 Å². The van der Waals surface area contributed by atoms with Gasteiger partial charge in [-0.25, -0.2) is 4.79 Å². The lowest BCUT2D eigenvalue weighted by molar-refractivity contribution is -0.142. The standard InChI is InChI=1S/C14H18N2O4/c1-9-3-2-4-10(7-9)8-13(18)16-11(14(19)20)5-6-12(15)17/h2-4,7,11H,5-6,8H2,1H3,(H2,15,17)(H,16,18)(H,19,20)/t11-/m1/s1. The number of aliphatic carboxylic acids is 1. The molecule has 4 N–H and O–H groups in total. The molecule has 0 aromatic heterocycles. The number of aryl methyl sites for hydroxylation is 1. The smallest absolute Gasteiger partial charge is 0.326 e. The van der Waals surface area contributed by atoms with Crippen LogP contribution in [-0.2, 0) is 20.8 Å². The molecule has 6 heteroatoms. The van der Waals surface area contributed by atoms with Gasteiger partial charge in [0.2, 0.25) is 11.8 Å². The lowest BCUT2D eigenvalue weighted by atomic mass is 10.1. The van der Waals surface area contributed by atoms with Crippen LogP contribution >= 0.6 is 0 Å². The molecule has 6 nitrogen and oxygen atoms in total. The molecule has 0 aliphatic rings. The first kappa shape index (κ1) is 15.7. The van der Waals surface area contributed by atoms with Crippen LogP contribution in [0, 0.1) is 6.92 Å². The molecule has 20 heavy (non-hydrogen) atoms. The van der Waals surface area contributed by atoms with E-state index in [1.807, 2.05) is 25.1 Å². The zero-order valence-corrected chi connectivity index (χ0v) is 11.3. The van der Waals surface area contributed by atoms with Crippen molar-refractivity contribution in [3.8, 4) is 0 Å². The third kappa shape index (κ3) is 5.51. The van der Waals surface area contributed by atoms with Gasteiger partial charge in [-0.15, -0.1) is 0 Å². The molecule has 0 radical (unpaired) electrons. The molecule has 2 amide bonds. The summed E-state index contributed by atoms with van der Waals surface area (Å²) in [5, 5.41) is 11.4. The van der Waals surface area contributed by atoms with E-state index >= 15 is 0 Å². The molecule has 0 unspecified atom stereocenters. The van der Waals surface area contributed by atoms with E-state index in [2.05, 4.69) is 5.32 Å². The van der Waals surface area contributed by atoms with Crippen LogP contribution < -0.4 is 11.1 Å². The van der Waals surface area contributed by atoms with Crippen molar-refractivity contribution in [1.29, 1.82) is 0 Å². The third-order valence-electron chi connectivity index (χ3n) is 2.76. The van der Waals surface area contributed by atoms with E-state index in [0.717, 1.165) is 11.1 Å².